The van der Waals surface area contributed by atoms with Gasteiger partial charge < -0.3 is 29.9 Å². The minimum atomic E-state index is -1.01. The number of benzene rings is 1. The molecule has 0 radical (unpaired) electrons. The van der Waals surface area contributed by atoms with E-state index in [1.807, 2.05) is 17.0 Å². The molecule has 1 aliphatic carbocycles. The molecule has 0 bridgehead atoms. The Bertz CT molecular complexity index is 939. The van der Waals surface area contributed by atoms with Crippen molar-refractivity contribution >= 4 is 22.9 Å². The summed E-state index contributed by atoms with van der Waals surface area (Å²) in [5.41, 5.74) is 8.37. The summed E-state index contributed by atoms with van der Waals surface area (Å²) in [6.45, 7) is 2.62. The fraction of sp³-hybridized carbons (Fsp3) is 0.565. The number of amides is 2. The lowest BCUT2D eigenvalue weighted by Crippen LogP contribution is -2.53. The first-order valence-corrected chi connectivity index (χ1v) is 11.1. The van der Waals surface area contributed by atoms with Crippen LogP contribution in [0.3, 0.4) is 0 Å². The number of fused-ring (bicyclic) bond motifs is 1. The van der Waals surface area contributed by atoms with Gasteiger partial charge in [-0.15, -0.1) is 0 Å². The number of para-hydroxylation sites is 1. The van der Waals surface area contributed by atoms with Crippen LogP contribution in [0.5, 0.6) is 0 Å². The molecule has 3 N–H and O–H groups in total. The number of hydrogen-bond donors (Lipinski definition) is 2. The van der Waals surface area contributed by atoms with Gasteiger partial charge >= 0.3 is 6.09 Å². The first kappa shape index (κ1) is 21.6. The zero-order valence-corrected chi connectivity index (χ0v) is 18.1. The Labute approximate surface area is 182 Å². The minimum absolute atomic E-state index is 0.0279. The number of nitrogens with two attached hydrogens (primary N) is 1. The Kier molecular flexibility index (Phi) is 6.48. The molecule has 1 saturated heterocycles. The smallest absolute Gasteiger partial charge is 0.407 e. The summed E-state index contributed by atoms with van der Waals surface area (Å²) < 4.78 is 7.44. The van der Waals surface area contributed by atoms with Gasteiger partial charge in [0.2, 0.25) is 5.91 Å². The molecule has 1 saturated carbocycles. The highest BCUT2D eigenvalue weighted by molar-refractivity contribution is 5.85. The zero-order chi connectivity index (χ0) is 22.0. The topological polar surface area (TPSA) is 101 Å². The lowest BCUT2D eigenvalue weighted by molar-refractivity contribution is -0.138. The summed E-state index contributed by atoms with van der Waals surface area (Å²) in [5, 5.41) is 10.6. The van der Waals surface area contributed by atoms with Gasteiger partial charge in [-0.2, -0.15) is 0 Å². The minimum Gasteiger partial charge on any atom is -0.465 e. The summed E-state index contributed by atoms with van der Waals surface area (Å²) in [5.74, 6) is -0.351. The third-order valence-corrected chi connectivity index (χ3v) is 6.33. The predicted octanol–water partition coefficient (Wildman–Crippen LogP) is 2.50. The Hall–Kier alpha value is -2.58. The van der Waals surface area contributed by atoms with E-state index in [-0.39, 0.29) is 37.0 Å². The summed E-state index contributed by atoms with van der Waals surface area (Å²) in [6.07, 6.45) is 4.60. The van der Waals surface area contributed by atoms with Crippen molar-refractivity contribution in [2.75, 3.05) is 26.8 Å². The maximum Gasteiger partial charge on any atom is 0.407 e. The molecule has 1 aromatic carbocycles. The number of piperidine rings is 1. The van der Waals surface area contributed by atoms with Crippen LogP contribution >= 0.6 is 0 Å². The molecule has 1 aliphatic heterocycles. The number of aryl methyl sites for hydroxylation is 1. The molecule has 168 valence electrons. The third kappa shape index (κ3) is 4.85. The molecule has 1 aromatic heterocycles. The van der Waals surface area contributed by atoms with Gasteiger partial charge in [0.15, 0.2) is 0 Å². The van der Waals surface area contributed by atoms with Gasteiger partial charge in [0.1, 0.15) is 0 Å². The van der Waals surface area contributed by atoms with Crippen LogP contribution in [0.4, 0.5) is 4.79 Å². The molecule has 2 aromatic rings. The monoisotopic (exact) mass is 428 g/mol. The average Bonchev–Trinajstić information content (AvgIpc) is 3.54. The number of nitrogens with zero attached hydrogens (tertiary/aromatic N) is 3. The van der Waals surface area contributed by atoms with E-state index in [4.69, 9.17) is 10.5 Å². The Balaban J connectivity index is 1.55. The molecule has 4 rings (SSSR count). The number of aromatic nitrogens is 1. The second kappa shape index (κ2) is 9.28. The van der Waals surface area contributed by atoms with Crippen LogP contribution in [-0.2, 0) is 22.6 Å². The lowest BCUT2D eigenvalue weighted by atomic mass is 9.93. The quantitative estimate of drug-likeness (QED) is 0.629. The Morgan fingerprint density at radius 2 is 2.03 bits per heavy atom. The number of carbonyl (C=O) groups is 2. The predicted molar refractivity (Wildman–Crippen MR) is 118 cm³/mol. The van der Waals surface area contributed by atoms with E-state index in [9.17, 15) is 14.7 Å². The van der Waals surface area contributed by atoms with Gasteiger partial charge in [-0.1, -0.05) is 18.2 Å². The molecule has 2 amide bonds. The van der Waals surface area contributed by atoms with Gasteiger partial charge in [-0.3, -0.25) is 4.79 Å². The first-order valence-electron chi connectivity index (χ1n) is 11.1. The van der Waals surface area contributed by atoms with Crippen LogP contribution in [0.2, 0.25) is 0 Å². The highest BCUT2D eigenvalue weighted by Crippen LogP contribution is 2.33. The fourth-order valence-electron chi connectivity index (χ4n) is 4.68. The van der Waals surface area contributed by atoms with E-state index in [0.717, 1.165) is 42.3 Å². The number of carbonyl (C=O) groups excluding carboxylic acids is 1. The van der Waals surface area contributed by atoms with Crippen LogP contribution in [-0.4, -0.2) is 70.4 Å². The van der Waals surface area contributed by atoms with Crippen LogP contribution < -0.4 is 5.73 Å². The van der Waals surface area contributed by atoms with Gasteiger partial charge in [-0.25, -0.2) is 4.79 Å². The van der Waals surface area contributed by atoms with E-state index in [2.05, 4.69) is 22.9 Å². The molecule has 31 heavy (non-hydrogen) atoms. The van der Waals surface area contributed by atoms with Gasteiger partial charge in [0.25, 0.3) is 0 Å². The molecule has 2 fully saturated rings. The lowest BCUT2D eigenvalue weighted by Gasteiger charge is -2.36. The van der Waals surface area contributed by atoms with Crippen LogP contribution in [0.25, 0.3) is 10.9 Å². The number of rotatable bonds is 8. The molecule has 8 nitrogen and oxygen atoms in total. The molecule has 2 heterocycles. The Morgan fingerprint density at radius 1 is 1.26 bits per heavy atom. The van der Waals surface area contributed by atoms with E-state index >= 15 is 0 Å². The number of methoxy groups -OCH3 is 1. The molecule has 2 atom stereocenters. The van der Waals surface area contributed by atoms with Crippen molar-refractivity contribution in [2.45, 2.75) is 50.9 Å². The van der Waals surface area contributed by atoms with E-state index < -0.39 is 6.09 Å². The maximum absolute atomic E-state index is 13.5. The van der Waals surface area contributed by atoms with Crippen molar-refractivity contribution in [1.29, 1.82) is 0 Å². The highest BCUT2D eigenvalue weighted by atomic mass is 16.5. The van der Waals surface area contributed by atoms with Crippen molar-refractivity contribution in [1.82, 2.24) is 14.4 Å². The van der Waals surface area contributed by atoms with E-state index in [0.29, 0.717) is 19.6 Å². The number of hydrogen-bond acceptors (Lipinski definition) is 4. The van der Waals surface area contributed by atoms with Crippen molar-refractivity contribution < 1.29 is 19.4 Å². The third-order valence-electron chi connectivity index (χ3n) is 6.33. The van der Waals surface area contributed by atoms with Crippen LogP contribution in [0.1, 0.15) is 31.2 Å². The standard InChI is InChI=1S/C23H32N4O4/c1-31-10-4-9-25-13-17(20-5-2-3-6-21(20)25)14-27(19-7-8-19)22(28)16-11-18(24)15-26(12-16)23(29)30/h2-3,5-6,13,16,18-19H,4,7-12,14-15,24H2,1H3,(H,29,30)/t16-,18+/m1/s1. The van der Waals surface area contributed by atoms with Gasteiger partial charge in [0.05, 0.1) is 5.92 Å². The summed E-state index contributed by atoms with van der Waals surface area (Å²) >= 11 is 0. The molecule has 8 heteroatoms. The molecule has 0 unspecified atom stereocenters. The highest BCUT2D eigenvalue weighted by Gasteiger charge is 2.39. The largest absolute Gasteiger partial charge is 0.465 e. The summed E-state index contributed by atoms with van der Waals surface area (Å²) in [4.78, 5) is 28.2. The molecule has 2 aliphatic rings. The van der Waals surface area contributed by atoms with Crippen molar-refractivity contribution in [3.05, 3.63) is 36.0 Å². The number of ether oxygens (including phenoxy) is 1. The van der Waals surface area contributed by atoms with E-state index in [1.165, 1.54) is 4.90 Å². The van der Waals surface area contributed by atoms with Crippen molar-refractivity contribution in [2.24, 2.45) is 11.7 Å². The number of likely N-dealkylation sites (tertiary alicyclic amines) is 1. The van der Waals surface area contributed by atoms with Crippen LogP contribution in [0, 0.1) is 5.92 Å². The normalized spacial score (nSPS) is 21.4. The van der Waals surface area contributed by atoms with Crippen LogP contribution in [0.15, 0.2) is 30.5 Å². The van der Waals surface area contributed by atoms with Crippen molar-refractivity contribution in [3.63, 3.8) is 0 Å². The van der Waals surface area contributed by atoms with Gasteiger partial charge in [-0.05, 0) is 37.3 Å². The molecular formula is C23H32N4O4. The van der Waals surface area contributed by atoms with E-state index in [1.54, 1.807) is 7.11 Å². The second-order valence-electron chi connectivity index (χ2n) is 8.79. The van der Waals surface area contributed by atoms with Gasteiger partial charge in [0, 0.05) is 69.1 Å². The second-order valence-corrected chi connectivity index (χ2v) is 8.79. The van der Waals surface area contributed by atoms with Crippen molar-refractivity contribution in [3.8, 4) is 0 Å². The maximum atomic E-state index is 13.5. The SMILES string of the molecule is COCCCn1cc(CN(C(=O)[C@@H]2C[C@H](N)CN(C(=O)O)C2)C2CC2)c2ccccc21. The molecular weight excluding hydrogens is 396 g/mol. The number of carboxylic acid groups (broad SMARTS) is 1. The Morgan fingerprint density at radius 3 is 2.74 bits per heavy atom. The molecule has 0 spiro atoms. The summed E-state index contributed by atoms with van der Waals surface area (Å²) in [6, 6.07) is 8.21. The zero-order valence-electron chi connectivity index (χ0n) is 18.1. The fourth-order valence-corrected chi connectivity index (χ4v) is 4.68. The average molecular weight is 429 g/mol. The summed E-state index contributed by atoms with van der Waals surface area (Å²) in [7, 11) is 1.71. The first-order chi connectivity index (χ1) is 15.0.